The van der Waals surface area contributed by atoms with E-state index >= 15 is 0 Å². The van der Waals surface area contributed by atoms with Crippen molar-refractivity contribution in [2.45, 2.75) is 113 Å². The SMILES string of the molecule is CC[N+](CC)(CCCCCn1c(C)cc(=O)n(CCCCC[N+](CC)(CC)Cc2ccccc2COC)c1=O)Cc1ccccc1COC. The summed E-state index contributed by atoms with van der Waals surface area (Å²) in [6, 6.07) is 18.9. The van der Waals surface area contributed by atoms with Crippen LogP contribution in [0, 0.1) is 6.92 Å². The van der Waals surface area contributed by atoms with Crippen LogP contribution in [0.3, 0.4) is 0 Å². The Bertz CT molecular complexity index is 1520. The van der Waals surface area contributed by atoms with Crippen LogP contribution in [-0.2, 0) is 48.9 Å². The van der Waals surface area contributed by atoms with E-state index in [2.05, 4.69) is 76.2 Å². The van der Waals surface area contributed by atoms with Gasteiger partial charge in [-0.3, -0.25) is 13.9 Å². The molecule has 0 aliphatic carbocycles. The van der Waals surface area contributed by atoms with E-state index < -0.39 is 0 Å². The Morgan fingerprint density at radius 2 is 0.980 bits per heavy atom. The van der Waals surface area contributed by atoms with Crippen LogP contribution in [0.1, 0.15) is 94.2 Å². The summed E-state index contributed by atoms with van der Waals surface area (Å²) in [6.45, 7) is 21.9. The van der Waals surface area contributed by atoms with Crippen LogP contribution < -0.4 is 11.2 Å². The molecule has 1 heterocycles. The summed E-state index contributed by atoms with van der Waals surface area (Å²) < 4.78 is 16.3. The Hall–Kier alpha value is -3.04. The van der Waals surface area contributed by atoms with Gasteiger partial charge in [0.1, 0.15) is 13.1 Å². The fourth-order valence-electron chi connectivity index (χ4n) is 7.41. The fraction of sp³-hybridized carbons (Fsp3) is 0.610. The first-order chi connectivity index (χ1) is 23.7. The molecule has 0 amide bonds. The maximum absolute atomic E-state index is 13.5. The zero-order chi connectivity index (χ0) is 35.7. The van der Waals surface area contributed by atoms with Crippen molar-refractivity contribution in [2.24, 2.45) is 0 Å². The minimum absolute atomic E-state index is 0.158. The molecule has 0 unspecified atom stereocenters. The maximum Gasteiger partial charge on any atom is 0.331 e. The summed E-state index contributed by atoms with van der Waals surface area (Å²) in [4.78, 5) is 26.4. The van der Waals surface area contributed by atoms with Crippen molar-refractivity contribution in [3.05, 3.63) is 103 Å². The topological polar surface area (TPSA) is 62.5 Å². The Labute approximate surface area is 296 Å². The smallest absolute Gasteiger partial charge is 0.331 e. The number of hydrogen-bond acceptors (Lipinski definition) is 4. The van der Waals surface area contributed by atoms with E-state index in [0.717, 1.165) is 106 Å². The number of methoxy groups -OCH3 is 2. The molecule has 0 spiro atoms. The van der Waals surface area contributed by atoms with E-state index in [-0.39, 0.29) is 11.2 Å². The molecule has 0 fully saturated rings. The van der Waals surface area contributed by atoms with E-state index in [0.29, 0.717) is 26.3 Å². The minimum Gasteiger partial charge on any atom is -0.380 e. The zero-order valence-electron chi connectivity index (χ0n) is 31.8. The van der Waals surface area contributed by atoms with Crippen LogP contribution in [-0.4, -0.2) is 71.6 Å². The third-order valence-corrected chi connectivity index (χ3v) is 11.0. The number of ether oxygens (including phenoxy) is 2. The van der Waals surface area contributed by atoms with E-state index in [1.165, 1.54) is 26.8 Å². The lowest BCUT2D eigenvalue weighted by Gasteiger charge is -2.37. The highest BCUT2D eigenvalue weighted by Crippen LogP contribution is 2.22. The van der Waals surface area contributed by atoms with Crippen molar-refractivity contribution in [3.63, 3.8) is 0 Å². The van der Waals surface area contributed by atoms with Gasteiger partial charge in [0.25, 0.3) is 5.56 Å². The third-order valence-electron chi connectivity index (χ3n) is 11.0. The number of unbranched alkanes of at least 4 members (excludes halogenated alkanes) is 4. The zero-order valence-corrected chi connectivity index (χ0v) is 31.8. The maximum atomic E-state index is 13.5. The molecule has 0 radical (unpaired) electrons. The Morgan fingerprint density at radius 1 is 0.571 bits per heavy atom. The van der Waals surface area contributed by atoms with Crippen LogP contribution in [0.25, 0.3) is 0 Å². The molecule has 0 aliphatic heterocycles. The number of benzene rings is 2. The van der Waals surface area contributed by atoms with E-state index in [1.54, 1.807) is 20.3 Å². The van der Waals surface area contributed by atoms with Gasteiger partial charge in [-0.25, -0.2) is 4.79 Å². The van der Waals surface area contributed by atoms with Gasteiger partial charge >= 0.3 is 5.69 Å². The number of nitrogens with zero attached hydrogens (tertiary/aromatic N) is 4. The molecule has 0 N–H and O–H groups in total. The summed E-state index contributed by atoms with van der Waals surface area (Å²) in [5.74, 6) is 0. The molecule has 0 atom stereocenters. The Morgan fingerprint density at radius 3 is 1.39 bits per heavy atom. The van der Waals surface area contributed by atoms with Crippen LogP contribution >= 0.6 is 0 Å². The number of quaternary nitrogens is 2. The largest absolute Gasteiger partial charge is 0.380 e. The predicted molar refractivity (Wildman–Crippen MR) is 202 cm³/mol. The average molecular weight is 679 g/mol. The van der Waals surface area contributed by atoms with Gasteiger partial charge in [-0.2, -0.15) is 0 Å². The highest BCUT2D eigenvalue weighted by atomic mass is 16.5. The molecule has 0 saturated carbocycles. The molecule has 3 aromatic rings. The summed E-state index contributed by atoms with van der Waals surface area (Å²) in [7, 11) is 3.51. The standard InChI is InChI=1S/C41H66N4O4/c1-8-44(9-2,31-36-22-14-16-24-38(36)33-48-6)28-20-12-18-26-42-35(5)30-40(46)43(41(42)47)27-19-13-21-29-45(10-3,11-4)32-37-23-15-17-25-39(37)34-49-7/h14-17,22-25,30H,8-13,18-21,26-29,31-34H2,1-7H3/q+2. The lowest BCUT2D eigenvalue weighted by Crippen LogP contribution is -2.47. The van der Waals surface area contributed by atoms with Gasteiger partial charge in [-0.05, 0) is 84.3 Å². The van der Waals surface area contributed by atoms with Crippen LogP contribution in [0.2, 0.25) is 0 Å². The minimum atomic E-state index is -0.178. The molecule has 49 heavy (non-hydrogen) atoms. The fourth-order valence-corrected chi connectivity index (χ4v) is 7.41. The van der Waals surface area contributed by atoms with Gasteiger partial charge in [0.05, 0.1) is 52.5 Å². The Kier molecular flexibility index (Phi) is 17.0. The molecule has 3 rings (SSSR count). The first kappa shape index (κ1) is 40.4. The predicted octanol–water partition coefficient (Wildman–Crippen LogP) is 7.07. The van der Waals surface area contributed by atoms with Crippen LogP contribution in [0.4, 0.5) is 0 Å². The quantitative estimate of drug-likeness (QED) is 0.0752. The highest BCUT2D eigenvalue weighted by Gasteiger charge is 2.26. The third kappa shape index (κ3) is 11.5. The number of rotatable bonds is 24. The molecule has 2 aromatic carbocycles. The monoisotopic (exact) mass is 679 g/mol. The second-order valence-corrected chi connectivity index (χ2v) is 13.9. The average Bonchev–Trinajstić information content (AvgIpc) is 3.11. The second-order valence-electron chi connectivity index (χ2n) is 13.9. The van der Waals surface area contributed by atoms with Crippen molar-refractivity contribution in [3.8, 4) is 0 Å². The summed E-state index contributed by atoms with van der Waals surface area (Å²) in [5.41, 5.74) is 5.69. The lowest BCUT2D eigenvalue weighted by atomic mass is 10.1. The van der Waals surface area contributed by atoms with Crippen LogP contribution in [0.15, 0.2) is 64.2 Å². The van der Waals surface area contributed by atoms with E-state index in [9.17, 15) is 9.59 Å². The normalized spacial score (nSPS) is 12.1. The first-order valence-corrected chi connectivity index (χ1v) is 18.8. The molecule has 272 valence electrons. The van der Waals surface area contributed by atoms with E-state index in [1.807, 2.05) is 11.5 Å². The van der Waals surface area contributed by atoms with Gasteiger partial charge in [0, 0.05) is 50.2 Å². The molecule has 8 nitrogen and oxygen atoms in total. The van der Waals surface area contributed by atoms with Crippen molar-refractivity contribution in [2.75, 3.05) is 53.5 Å². The van der Waals surface area contributed by atoms with E-state index in [4.69, 9.17) is 9.47 Å². The first-order valence-electron chi connectivity index (χ1n) is 18.8. The molecule has 0 saturated heterocycles. The van der Waals surface area contributed by atoms with Crippen molar-refractivity contribution in [1.82, 2.24) is 9.13 Å². The van der Waals surface area contributed by atoms with Gasteiger partial charge in [-0.1, -0.05) is 48.5 Å². The van der Waals surface area contributed by atoms with Crippen molar-refractivity contribution in [1.29, 1.82) is 0 Å². The highest BCUT2D eigenvalue weighted by molar-refractivity contribution is 5.26. The summed E-state index contributed by atoms with van der Waals surface area (Å²) >= 11 is 0. The van der Waals surface area contributed by atoms with Crippen LogP contribution in [0.5, 0.6) is 0 Å². The molecule has 0 bridgehead atoms. The van der Waals surface area contributed by atoms with Gasteiger partial charge in [-0.15, -0.1) is 0 Å². The molecule has 8 heteroatoms. The number of aryl methyl sites for hydroxylation is 1. The lowest BCUT2D eigenvalue weighted by molar-refractivity contribution is -0.938. The molecule has 1 aromatic heterocycles. The second kappa shape index (κ2) is 20.6. The number of aromatic nitrogens is 2. The Balaban J connectivity index is 1.54. The van der Waals surface area contributed by atoms with Gasteiger partial charge in [0.2, 0.25) is 0 Å². The van der Waals surface area contributed by atoms with Gasteiger partial charge < -0.3 is 18.4 Å². The molecular formula is C41H66N4O4+2. The number of hydrogen-bond donors (Lipinski definition) is 0. The molecular weight excluding hydrogens is 612 g/mol. The summed E-state index contributed by atoms with van der Waals surface area (Å²) in [6.07, 6.45) is 5.97. The van der Waals surface area contributed by atoms with Crippen molar-refractivity contribution >= 4 is 0 Å². The molecule has 0 aliphatic rings. The van der Waals surface area contributed by atoms with Gasteiger partial charge in [0.15, 0.2) is 0 Å². The van der Waals surface area contributed by atoms with Crippen molar-refractivity contribution < 1.29 is 18.4 Å². The summed E-state index contributed by atoms with van der Waals surface area (Å²) in [5, 5.41) is 0.